The van der Waals surface area contributed by atoms with Gasteiger partial charge >= 0.3 is 0 Å². The van der Waals surface area contributed by atoms with Crippen LogP contribution in [-0.4, -0.2) is 25.5 Å². The molecule has 6 nitrogen and oxygen atoms in total. The van der Waals surface area contributed by atoms with E-state index in [1.165, 1.54) is 11.1 Å². The van der Waals surface area contributed by atoms with Crippen molar-refractivity contribution in [3.8, 4) is 11.4 Å². The van der Waals surface area contributed by atoms with Crippen LogP contribution in [0.15, 0.2) is 42.5 Å². The number of carbonyl (C=O) groups excluding carboxylic acids is 1. The van der Waals surface area contributed by atoms with Gasteiger partial charge in [0.05, 0.1) is 6.42 Å². The van der Waals surface area contributed by atoms with Crippen molar-refractivity contribution in [2.24, 2.45) is 0 Å². The Morgan fingerprint density at radius 1 is 0.933 bits per heavy atom. The Bertz CT molecular complexity index is 1260. The number of rotatable bonds is 4. The molecule has 0 spiro atoms. The molecule has 0 aliphatic heterocycles. The Labute approximate surface area is 176 Å². The number of nitrogens with one attached hydrogen (secondary N) is 1. The highest BCUT2D eigenvalue weighted by Gasteiger charge is 2.17. The molecule has 1 amide bonds. The highest BCUT2D eigenvalue weighted by molar-refractivity contribution is 5.93. The van der Waals surface area contributed by atoms with E-state index >= 15 is 0 Å². The maximum atomic E-state index is 12.7. The molecule has 1 N–H and O–H groups in total. The second-order valence-electron chi connectivity index (χ2n) is 7.82. The number of aromatic nitrogens is 4. The van der Waals surface area contributed by atoms with Gasteiger partial charge in [-0.25, -0.2) is 9.50 Å². The summed E-state index contributed by atoms with van der Waals surface area (Å²) in [6.45, 7) is 9.94. The lowest BCUT2D eigenvalue weighted by molar-refractivity contribution is -0.115. The number of aryl methyl sites for hydroxylation is 5. The molecule has 0 unspecified atom stereocenters. The molecule has 0 saturated carbocycles. The zero-order valence-electron chi connectivity index (χ0n) is 17.9. The lowest BCUT2D eigenvalue weighted by Gasteiger charge is -2.12. The Morgan fingerprint density at radius 3 is 2.33 bits per heavy atom. The molecule has 2 heterocycles. The van der Waals surface area contributed by atoms with Crippen molar-refractivity contribution in [3.05, 3.63) is 76.1 Å². The Hall–Kier alpha value is -3.54. The molecular weight excluding hydrogens is 374 g/mol. The van der Waals surface area contributed by atoms with E-state index in [2.05, 4.69) is 26.4 Å². The number of hydrogen-bond acceptors (Lipinski definition) is 4. The fourth-order valence-electron chi connectivity index (χ4n) is 3.60. The predicted octanol–water partition coefficient (Wildman–Crippen LogP) is 4.51. The molecular formula is C24H25N5O. The van der Waals surface area contributed by atoms with Gasteiger partial charge in [-0.3, -0.25) is 4.79 Å². The molecule has 30 heavy (non-hydrogen) atoms. The molecule has 6 heteroatoms. The maximum Gasteiger partial charge on any atom is 0.253 e. The SMILES string of the molecule is Cc1ccc(-c2nc3nc(C)c(CC(=O)Nc4ccc(C)cc4C)c(C)n3n2)cc1. The van der Waals surface area contributed by atoms with Gasteiger partial charge in [0.2, 0.25) is 5.91 Å². The van der Waals surface area contributed by atoms with Crippen molar-refractivity contribution in [2.75, 3.05) is 5.32 Å². The minimum atomic E-state index is -0.0758. The highest BCUT2D eigenvalue weighted by atomic mass is 16.1. The molecule has 2 aromatic heterocycles. The van der Waals surface area contributed by atoms with E-state index in [4.69, 9.17) is 0 Å². The summed E-state index contributed by atoms with van der Waals surface area (Å²) < 4.78 is 1.72. The summed E-state index contributed by atoms with van der Waals surface area (Å²) in [7, 11) is 0. The van der Waals surface area contributed by atoms with E-state index in [1.54, 1.807) is 4.52 Å². The normalized spacial score (nSPS) is 11.1. The van der Waals surface area contributed by atoms with E-state index in [1.807, 2.05) is 71.0 Å². The average Bonchev–Trinajstić information content (AvgIpc) is 3.12. The van der Waals surface area contributed by atoms with Crippen LogP contribution in [0.25, 0.3) is 17.2 Å². The molecule has 0 atom stereocenters. The number of hydrogen-bond donors (Lipinski definition) is 1. The predicted molar refractivity (Wildman–Crippen MR) is 119 cm³/mol. The Kier molecular flexibility index (Phi) is 5.08. The van der Waals surface area contributed by atoms with Gasteiger partial charge in [0, 0.05) is 28.2 Å². The molecule has 4 rings (SSSR count). The van der Waals surface area contributed by atoms with Gasteiger partial charge in [0.15, 0.2) is 5.82 Å². The number of carbonyl (C=O) groups is 1. The maximum absolute atomic E-state index is 12.7. The fourth-order valence-corrected chi connectivity index (χ4v) is 3.60. The van der Waals surface area contributed by atoms with E-state index in [9.17, 15) is 4.79 Å². The summed E-state index contributed by atoms with van der Waals surface area (Å²) in [4.78, 5) is 21.9. The zero-order chi connectivity index (χ0) is 21.4. The quantitative estimate of drug-likeness (QED) is 0.548. The number of nitrogens with zero attached hydrogens (tertiary/aromatic N) is 4. The summed E-state index contributed by atoms with van der Waals surface area (Å²) in [6, 6.07) is 14.1. The zero-order valence-corrected chi connectivity index (χ0v) is 17.9. The molecule has 152 valence electrons. The molecule has 0 aliphatic rings. The number of benzene rings is 2. The van der Waals surface area contributed by atoms with Crippen molar-refractivity contribution >= 4 is 17.4 Å². The van der Waals surface area contributed by atoms with Crippen molar-refractivity contribution in [1.82, 2.24) is 19.6 Å². The topological polar surface area (TPSA) is 72.2 Å². The lowest BCUT2D eigenvalue weighted by Crippen LogP contribution is -2.18. The summed E-state index contributed by atoms with van der Waals surface area (Å²) in [5.41, 5.74) is 7.70. The van der Waals surface area contributed by atoms with Gasteiger partial charge in [0.25, 0.3) is 5.78 Å². The van der Waals surface area contributed by atoms with E-state index < -0.39 is 0 Å². The van der Waals surface area contributed by atoms with Crippen LogP contribution in [0.4, 0.5) is 5.69 Å². The van der Waals surface area contributed by atoms with Crippen LogP contribution >= 0.6 is 0 Å². The van der Waals surface area contributed by atoms with E-state index in [-0.39, 0.29) is 12.3 Å². The van der Waals surface area contributed by atoms with Crippen LogP contribution < -0.4 is 5.32 Å². The molecule has 0 radical (unpaired) electrons. The standard InChI is InChI=1S/C24H25N5O/c1-14-6-9-19(10-7-14)23-27-24-25-17(4)20(18(5)29(24)28-23)13-22(30)26-21-11-8-15(2)12-16(21)3/h6-12H,13H2,1-5H3,(H,26,30). The summed E-state index contributed by atoms with van der Waals surface area (Å²) in [5, 5.41) is 7.65. The molecule has 0 saturated heterocycles. The Balaban J connectivity index is 1.64. The third-order valence-corrected chi connectivity index (χ3v) is 5.35. The third-order valence-electron chi connectivity index (χ3n) is 5.35. The lowest BCUT2D eigenvalue weighted by atomic mass is 10.1. The monoisotopic (exact) mass is 399 g/mol. The van der Waals surface area contributed by atoms with Crippen LogP contribution in [0, 0.1) is 34.6 Å². The van der Waals surface area contributed by atoms with Crippen molar-refractivity contribution < 1.29 is 4.79 Å². The van der Waals surface area contributed by atoms with Crippen molar-refractivity contribution in [1.29, 1.82) is 0 Å². The minimum Gasteiger partial charge on any atom is -0.326 e. The van der Waals surface area contributed by atoms with Crippen LogP contribution in [-0.2, 0) is 11.2 Å². The average molecular weight is 399 g/mol. The summed E-state index contributed by atoms with van der Waals surface area (Å²) >= 11 is 0. The first-order valence-electron chi connectivity index (χ1n) is 9.99. The van der Waals surface area contributed by atoms with Crippen LogP contribution in [0.2, 0.25) is 0 Å². The highest BCUT2D eigenvalue weighted by Crippen LogP contribution is 2.21. The van der Waals surface area contributed by atoms with Gasteiger partial charge in [-0.2, -0.15) is 4.98 Å². The van der Waals surface area contributed by atoms with E-state index in [0.29, 0.717) is 11.6 Å². The number of amides is 1. The second kappa shape index (κ2) is 7.71. The minimum absolute atomic E-state index is 0.0758. The smallest absolute Gasteiger partial charge is 0.253 e. The molecule has 0 fully saturated rings. The number of fused-ring (bicyclic) bond motifs is 1. The molecule has 0 aliphatic carbocycles. The molecule has 4 aromatic rings. The number of anilines is 1. The first kappa shape index (κ1) is 19.8. The first-order chi connectivity index (χ1) is 14.3. The van der Waals surface area contributed by atoms with Gasteiger partial charge in [-0.15, -0.1) is 5.10 Å². The summed E-state index contributed by atoms with van der Waals surface area (Å²) in [6.07, 6.45) is 0.230. The van der Waals surface area contributed by atoms with Crippen molar-refractivity contribution in [3.63, 3.8) is 0 Å². The third kappa shape index (κ3) is 3.81. The largest absolute Gasteiger partial charge is 0.326 e. The Morgan fingerprint density at radius 2 is 1.63 bits per heavy atom. The van der Waals surface area contributed by atoms with Crippen LogP contribution in [0.1, 0.15) is 33.6 Å². The van der Waals surface area contributed by atoms with Crippen LogP contribution in [0.3, 0.4) is 0 Å². The van der Waals surface area contributed by atoms with Gasteiger partial charge < -0.3 is 5.32 Å². The van der Waals surface area contributed by atoms with Crippen LogP contribution in [0.5, 0.6) is 0 Å². The van der Waals surface area contributed by atoms with Gasteiger partial charge in [-0.1, -0.05) is 47.5 Å². The first-order valence-corrected chi connectivity index (χ1v) is 9.99. The molecule has 2 aromatic carbocycles. The van der Waals surface area contributed by atoms with Crippen molar-refractivity contribution in [2.45, 2.75) is 41.0 Å². The van der Waals surface area contributed by atoms with E-state index in [0.717, 1.165) is 33.8 Å². The second-order valence-corrected chi connectivity index (χ2v) is 7.82. The molecule has 0 bridgehead atoms. The fraction of sp³-hybridized carbons (Fsp3) is 0.250. The van der Waals surface area contributed by atoms with Gasteiger partial charge in [-0.05, 0) is 46.2 Å². The van der Waals surface area contributed by atoms with Gasteiger partial charge in [0.1, 0.15) is 0 Å². The summed E-state index contributed by atoms with van der Waals surface area (Å²) in [5.74, 6) is 1.09.